The molecule has 210 valence electrons. The average molecular weight is 565 g/mol. The number of carbonyl (C=O) groups is 1. The molecule has 2 aromatic carbocycles. The number of aromatic nitrogens is 1. The molecule has 11 heteroatoms. The minimum atomic E-state index is -1.03. The van der Waals surface area contributed by atoms with E-state index in [2.05, 4.69) is 4.98 Å². The Balaban J connectivity index is 1.39. The number of aliphatic carboxylic acids is 1. The van der Waals surface area contributed by atoms with Gasteiger partial charge in [0.1, 0.15) is 23.2 Å². The quantitative estimate of drug-likeness (QED) is 0.282. The molecule has 4 rings (SSSR count). The fourth-order valence-electron chi connectivity index (χ4n) is 5.16. The van der Waals surface area contributed by atoms with Crippen molar-refractivity contribution < 1.29 is 38.0 Å². The zero-order valence-corrected chi connectivity index (χ0v) is 22.3. The molecule has 3 N–H and O–H groups in total. The smallest absolute Gasteiger partial charge is 0.309 e. The number of halogens is 3. The Hall–Kier alpha value is -2.86. The van der Waals surface area contributed by atoms with Crippen molar-refractivity contribution in [2.45, 2.75) is 43.3 Å². The number of hydrogen-bond acceptors (Lipinski definition) is 7. The van der Waals surface area contributed by atoms with Gasteiger partial charge in [0, 0.05) is 41.6 Å². The lowest BCUT2D eigenvalue weighted by atomic mass is 9.74. The van der Waals surface area contributed by atoms with Gasteiger partial charge in [-0.2, -0.15) is 0 Å². The van der Waals surface area contributed by atoms with Crippen LogP contribution in [-0.2, 0) is 11.4 Å². The Morgan fingerprint density at radius 2 is 1.87 bits per heavy atom. The molecular weight excluding hydrogens is 533 g/mol. The summed E-state index contributed by atoms with van der Waals surface area (Å²) in [7, 11) is 1.53. The van der Waals surface area contributed by atoms with Crippen molar-refractivity contribution in [2.75, 3.05) is 32.5 Å². The van der Waals surface area contributed by atoms with Gasteiger partial charge >= 0.3 is 5.97 Å². The maximum atomic E-state index is 13.9. The predicted octanol–water partition coefficient (Wildman–Crippen LogP) is 4.93. The number of fused-ring (bicyclic) bond motifs is 1. The number of pyridine rings is 1. The zero-order valence-electron chi connectivity index (χ0n) is 21.5. The number of carboxylic acid groups (broad SMARTS) is 1. The number of thioether (sulfide) groups is 1. The second-order valence-electron chi connectivity index (χ2n) is 9.77. The Kier molecular flexibility index (Phi) is 9.37. The molecular formula is C28H31F3N2O5S. The molecule has 7 nitrogen and oxygen atoms in total. The van der Waals surface area contributed by atoms with Crippen LogP contribution in [-0.4, -0.2) is 63.7 Å². The number of rotatable bonds is 11. The third kappa shape index (κ3) is 6.49. The summed E-state index contributed by atoms with van der Waals surface area (Å²) in [6, 6.07) is 6.56. The summed E-state index contributed by atoms with van der Waals surface area (Å²) in [4.78, 5) is 18.5. The van der Waals surface area contributed by atoms with Crippen LogP contribution in [0.5, 0.6) is 5.75 Å². The lowest BCUT2D eigenvalue weighted by molar-refractivity contribution is -0.153. The highest BCUT2D eigenvalue weighted by Crippen LogP contribution is 2.40. The Morgan fingerprint density at radius 1 is 1.18 bits per heavy atom. The number of aliphatic hydroxyl groups excluding tert-OH is 2. The van der Waals surface area contributed by atoms with E-state index < -0.39 is 34.9 Å². The summed E-state index contributed by atoms with van der Waals surface area (Å²) in [6.07, 6.45) is 1.62. The molecule has 0 bridgehead atoms. The number of piperidine rings is 1. The molecule has 0 spiro atoms. The van der Waals surface area contributed by atoms with Crippen LogP contribution < -0.4 is 4.74 Å². The summed E-state index contributed by atoms with van der Waals surface area (Å²) in [6.45, 7) is 1.13. The van der Waals surface area contributed by atoms with E-state index in [0.717, 1.165) is 11.8 Å². The number of aliphatic hydroxyl groups is 2. The molecule has 1 aliphatic heterocycles. The maximum absolute atomic E-state index is 13.9. The van der Waals surface area contributed by atoms with Crippen LogP contribution >= 0.6 is 11.8 Å². The second-order valence-corrected chi connectivity index (χ2v) is 10.9. The first-order chi connectivity index (χ1) is 18.7. The number of likely N-dealkylation sites (tertiary alicyclic amines) is 1. The normalized spacial score (nSPS) is 16.4. The van der Waals surface area contributed by atoms with Crippen molar-refractivity contribution >= 4 is 28.6 Å². The van der Waals surface area contributed by atoms with Crippen LogP contribution in [0.3, 0.4) is 0 Å². The molecule has 1 atom stereocenters. The van der Waals surface area contributed by atoms with Gasteiger partial charge in [0.2, 0.25) is 0 Å². The van der Waals surface area contributed by atoms with Crippen molar-refractivity contribution in [2.24, 2.45) is 5.41 Å². The highest BCUT2D eigenvalue weighted by atomic mass is 32.2. The molecule has 0 aliphatic carbocycles. The Bertz CT molecular complexity index is 1310. The van der Waals surface area contributed by atoms with E-state index in [9.17, 15) is 33.3 Å². The topological polar surface area (TPSA) is 103 Å². The van der Waals surface area contributed by atoms with Gasteiger partial charge in [0.25, 0.3) is 0 Å². The number of hydrogen-bond donors (Lipinski definition) is 3. The van der Waals surface area contributed by atoms with Crippen molar-refractivity contribution in [1.82, 2.24) is 9.88 Å². The van der Waals surface area contributed by atoms with Gasteiger partial charge in [0.05, 0.1) is 35.6 Å². The number of nitrogens with zero attached hydrogens (tertiary/aromatic N) is 2. The Morgan fingerprint density at radius 3 is 2.49 bits per heavy atom. The highest BCUT2D eigenvalue weighted by Gasteiger charge is 2.41. The minimum Gasteiger partial charge on any atom is -0.497 e. The summed E-state index contributed by atoms with van der Waals surface area (Å²) in [5.74, 6) is -2.84. The standard InChI is InChI=1S/C28H31F3N2O5S/c1-38-19-2-3-23-20(14-19)25(17(16-34)15-32-23)24(35)4-5-28(27(36)37)6-8-33(9-7-28)10-11-39-26-21(30)12-18(29)13-22(26)31/h2-3,12-15,24,34-35H,4-11,16H2,1H3,(H,36,37)/t24-/m1/s1. The molecule has 0 saturated carbocycles. The molecule has 0 unspecified atom stereocenters. The monoisotopic (exact) mass is 564 g/mol. The van der Waals surface area contributed by atoms with Gasteiger partial charge < -0.3 is 25.0 Å². The lowest BCUT2D eigenvalue weighted by Crippen LogP contribution is -2.45. The van der Waals surface area contributed by atoms with Crippen LogP contribution in [0.15, 0.2) is 41.4 Å². The van der Waals surface area contributed by atoms with Gasteiger partial charge in [-0.3, -0.25) is 9.78 Å². The van der Waals surface area contributed by atoms with E-state index >= 15 is 0 Å². The molecule has 1 aliphatic rings. The van der Waals surface area contributed by atoms with E-state index in [1.807, 2.05) is 4.90 Å². The van der Waals surface area contributed by atoms with Crippen LogP contribution in [0.2, 0.25) is 0 Å². The Labute approximate surface area is 228 Å². The van der Waals surface area contributed by atoms with Crippen molar-refractivity contribution in [1.29, 1.82) is 0 Å². The number of ether oxygens (including phenoxy) is 1. The van der Waals surface area contributed by atoms with Crippen molar-refractivity contribution in [3.05, 3.63) is 65.1 Å². The van der Waals surface area contributed by atoms with Crippen LogP contribution in [0.1, 0.15) is 42.9 Å². The molecule has 0 radical (unpaired) electrons. The number of benzene rings is 2. The molecule has 0 amide bonds. The number of methoxy groups -OCH3 is 1. The summed E-state index contributed by atoms with van der Waals surface area (Å²) in [5.41, 5.74) is 0.576. The first-order valence-electron chi connectivity index (χ1n) is 12.6. The molecule has 1 aromatic heterocycles. The van der Waals surface area contributed by atoms with E-state index in [4.69, 9.17) is 4.74 Å². The van der Waals surface area contributed by atoms with E-state index in [0.29, 0.717) is 78.1 Å². The maximum Gasteiger partial charge on any atom is 0.309 e. The molecule has 2 heterocycles. The predicted molar refractivity (Wildman–Crippen MR) is 141 cm³/mol. The molecule has 39 heavy (non-hydrogen) atoms. The van der Waals surface area contributed by atoms with Crippen LogP contribution in [0, 0.1) is 22.9 Å². The van der Waals surface area contributed by atoms with Crippen molar-refractivity contribution in [3.63, 3.8) is 0 Å². The largest absolute Gasteiger partial charge is 0.497 e. The average Bonchev–Trinajstić information content (AvgIpc) is 2.92. The molecule has 3 aromatic rings. The third-order valence-electron chi connectivity index (χ3n) is 7.48. The summed E-state index contributed by atoms with van der Waals surface area (Å²) >= 11 is 0.959. The fraction of sp³-hybridized carbons (Fsp3) is 0.429. The van der Waals surface area contributed by atoms with E-state index in [1.54, 1.807) is 18.2 Å². The van der Waals surface area contributed by atoms with Crippen LogP contribution in [0.25, 0.3) is 10.9 Å². The van der Waals surface area contributed by atoms with Gasteiger partial charge in [-0.05, 0) is 62.5 Å². The van der Waals surface area contributed by atoms with Gasteiger partial charge in [-0.1, -0.05) is 0 Å². The first-order valence-corrected chi connectivity index (χ1v) is 13.6. The SMILES string of the molecule is COc1ccc2ncc(CO)c([C@H](O)CCC3(C(=O)O)CCN(CCSc4c(F)cc(F)cc4F)CC3)c2c1. The zero-order chi connectivity index (χ0) is 28.2. The lowest BCUT2D eigenvalue weighted by Gasteiger charge is -2.39. The van der Waals surface area contributed by atoms with Gasteiger partial charge in [-0.15, -0.1) is 11.8 Å². The van der Waals surface area contributed by atoms with Gasteiger partial charge in [-0.25, -0.2) is 13.2 Å². The van der Waals surface area contributed by atoms with Crippen molar-refractivity contribution in [3.8, 4) is 5.75 Å². The molecule has 1 fully saturated rings. The molecule has 1 saturated heterocycles. The van der Waals surface area contributed by atoms with Crippen LogP contribution in [0.4, 0.5) is 13.2 Å². The summed E-state index contributed by atoms with van der Waals surface area (Å²) in [5, 5.41) is 31.8. The summed E-state index contributed by atoms with van der Waals surface area (Å²) < 4.78 is 46.2. The third-order valence-corrected chi connectivity index (χ3v) is 8.55. The minimum absolute atomic E-state index is 0.175. The second kappa shape index (κ2) is 12.5. The fourth-order valence-corrected chi connectivity index (χ4v) is 6.10. The van der Waals surface area contributed by atoms with E-state index in [1.165, 1.54) is 13.3 Å². The first kappa shape index (κ1) is 29.1. The van der Waals surface area contributed by atoms with E-state index in [-0.39, 0.29) is 24.3 Å². The van der Waals surface area contributed by atoms with Gasteiger partial charge in [0.15, 0.2) is 0 Å². The highest BCUT2D eigenvalue weighted by molar-refractivity contribution is 7.99. The number of carboxylic acids is 1.